The van der Waals surface area contributed by atoms with Crippen LogP contribution in [0.5, 0.6) is 11.5 Å². The molecule has 0 N–H and O–H groups in total. The van der Waals surface area contributed by atoms with Crippen LogP contribution in [0.25, 0.3) is 0 Å². The highest BCUT2D eigenvalue weighted by Gasteiger charge is 2.11. The molecule has 31 heavy (non-hydrogen) atoms. The molecule has 3 heteroatoms. The number of benzene rings is 3. The lowest BCUT2D eigenvalue weighted by molar-refractivity contribution is 0.243. The third-order valence-electron chi connectivity index (χ3n) is 5.95. The fourth-order valence-corrected chi connectivity index (χ4v) is 4.30. The van der Waals surface area contributed by atoms with Crippen molar-refractivity contribution in [1.82, 2.24) is 4.90 Å². The Balaban J connectivity index is 1.55. The van der Waals surface area contributed by atoms with E-state index in [9.17, 15) is 0 Å². The molecule has 0 radical (unpaired) electrons. The zero-order valence-electron chi connectivity index (χ0n) is 18.8. The zero-order valence-corrected chi connectivity index (χ0v) is 18.8. The first-order chi connectivity index (χ1) is 15.2. The van der Waals surface area contributed by atoms with Crippen molar-refractivity contribution in [3.8, 4) is 11.5 Å². The Morgan fingerprint density at radius 2 is 1.74 bits per heavy atom. The zero-order chi connectivity index (χ0) is 21.5. The summed E-state index contributed by atoms with van der Waals surface area (Å²) < 4.78 is 11.5. The maximum atomic E-state index is 6.18. The lowest BCUT2D eigenvalue weighted by Gasteiger charge is -2.23. The van der Waals surface area contributed by atoms with Crippen molar-refractivity contribution in [2.75, 3.05) is 20.3 Å². The normalized spacial score (nSPS) is 15.4. The van der Waals surface area contributed by atoms with E-state index < -0.39 is 0 Å². The SMILES string of the molecule is COc1ccc(CN2CCCCCOc3ccc(C)cc3Cc3cccc(c3)C2)cc1. The molecule has 0 aromatic heterocycles. The second-order valence-electron chi connectivity index (χ2n) is 8.58. The summed E-state index contributed by atoms with van der Waals surface area (Å²) in [5, 5.41) is 0. The van der Waals surface area contributed by atoms with Gasteiger partial charge in [0.2, 0.25) is 0 Å². The minimum Gasteiger partial charge on any atom is -0.497 e. The summed E-state index contributed by atoms with van der Waals surface area (Å²) in [6.45, 7) is 5.95. The summed E-state index contributed by atoms with van der Waals surface area (Å²) >= 11 is 0. The van der Waals surface area contributed by atoms with Gasteiger partial charge < -0.3 is 9.47 Å². The van der Waals surface area contributed by atoms with Crippen molar-refractivity contribution in [3.63, 3.8) is 0 Å². The average Bonchev–Trinajstić information content (AvgIpc) is 2.77. The maximum absolute atomic E-state index is 6.18. The number of hydrogen-bond acceptors (Lipinski definition) is 3. The lowest BCUT2D eigenvalue weighted by atomic mass is 10.00. The van der Waals surface area contributed by atoms with E-state index in [4.69, 9.17) is 9.47 Å². The van der Waals surface area contributed by atoms with Crippen LogP contribution in [0.1, 0.15) is 47.1 Å². The molecule has 0 amide bonds. The largest absolute Gasteiger partial charge is 0.497 e. The quantitative estimate of drug-likeness (QED) is 0.511. The topological polar surface area (TPSA) is 21.7 Å². The van der Waals surface area contributed by atoms with Crippen molar-refractivity contribution in [2.45, 2.75) is 45.7 Å². The van der Waals surface area contributed by atoms with E-state index in [2.05, 4.69) is 78.6 Å². The third kappa shape index (κ3) is 6.11. The predicted octanol–water partition coefficient (Wildman–Crippen LogP) is 6.16. The van der Waals surface area contributed by atoms with Gasteiger partial charge in [0.15, 0.2) is 0 Å². The van der Waals surface area contributed by atoms with Gasteiger partial charge in [-0.3, -0.25) is 4.90 Å². The number of nitrogens with zero attached hydrogens (tertiary/aromatic N) is 1. The van der Waals surface area contributed by atoms with E-state index in [1.165, 1.54) is 40.7 Å². The van der Waals surface area contributed by atoms with E-state index in [-0.39, 0.29) is 0 Å². The predicted molar refractivity (Wildman–Crippen MR) is 127 cm³/mol. The van der Waals surface area contributed by atoms with E-state index in [0.29, 0.717) is 0 Å². The van der Waals surface area contributed by atoms with Crippen LogP contribution < -0.4 is 9.47 Å². The Bertz CT molecular complexity index is 981. The van der Waals surface area contributed by atoms with Crippen LogP contribution in [0.4, 0.5) is 0 Å². The molecule has 2 bridgehead atoms. The Morgan fingerprint density at radius 3 is 2.58 bits per heavy atom. The molecule has 1 heterocycles. The molecule has 1 aliphatic rings. The molecule has 0 atom stereocenters. The van der Waals surface area contributed by atoms with Crippen molar-refractivity contribution in [1.29, 1.82) is 0 Å². The molecule has 3 aromatic carbocycles. The van der Waals surface area contributed by atoms with Crippen LogP contribution in [0.2, 0.25) is 0 Å². The Labute approximate surface area is 186 Å². The highest BCUT2D eigenvalue weighted by Crippen LogP contribution is 2.25. The van der Waals surface area contributed by atoms with Crippen LogP contribution in [0, 0.1) is 6.92 Å². The van der Waals surface area contributed by atoms with Gasteiger partial charge in [0.05, 0.1) is 13.7 Å². The fourth-order valence-electron chi connectivity index (χ4n) is 4.30. The monoisotopic (exact) mass is 415 g/mol. The molecule has 0 saturated heterocycles. The highest BCUT2D eigenvalue weighted by atomic mass is 16.5. The maximum Gasteiger partial charge on any atom is 0.122 e. The Kier molecular flexibility index (Phi) is 7.26. The second-order valence-corrected chi connectivity index (χ2v) is 8.58. The summed E-state index contributed by atoms with van der Waals surface area (Å²) in [5.41, 5.74) is 6.60. The molecular weight excluding hydrogens is 382 g/mol. The van der Waals surface area contributed by atoms with Crippen molar-refractivity contribution < 1.29 is 9.47 Å². The third-order valence-corrected chi connectivity index (χ3v) is 5.95. The average molecular weight is 416 g/mol. The minimum absolute atomic E-state index is 0.786. The summed E-state index contributed by atoms with van der Waals surface area (Å²) in [6, 6.07) is 24.0. The first-order valence-electron chi connectivity index (χ1n) is 11.3. The molecule has 0 spiro atoms. The minimum atomic E-state index is 0.786. The molecule has 0 unspecified atom stereocenters. The smallest absolute Gasteiger partial charge is 0.122 e. The molecule has 0 fully saturated rings. The van der Waals surface area contributed by atoms with Gasteiger partial charge >= 0.3 is 0 Å². The molecular formula is C28H33NO2. The highest BCUT2D eigenvalue weighted by molar-refractivity contribution is 5.41. The number of rotatable bonds is 3. The van der Waals surface area contributed by atoms with Crippen LogP contribution in [-0.2, 0) is 19.5 Å². The van der Waals surface area contributed by atoms with Crippen LogP contribution in [0.15, 0.2) is 66.7 Å². The molecule has 0 aliphatic carbocycles. The van der Waals surface area contributed by atoms with E-state index in [0.717, 1.165) is 50.6 Å². The van der Waals surface area contributed by atoms with Crippen LogP contribution >= 0.6 is 0 Å². The van der Waals surface area contributed by atoms with Gasteiger partial charge in [-0.25, -0.2) is 0 Å². The first kappa shape index (κ1) is 21.5. The fraction of sp³-hybridized carbons (Fsp3) is 0.357. The number of ether oxygens (including phenoxy) is 2. The number of hydrogen-bond donors (Lipinski definition) is 0. The van der Waals surface area contributed by atoms with E-state index in [1.54, 1.807) is 7.11 Å². The van der Waals surface area contributed by atoms with Crippen LogP contribution in [-0.4, -0.2) is 25.2 Å². The second kappa shape index (κ2) is 10.5. The van der Waals surface area contributed by atoms with Gasteiger partial charge in [-0.05, 0) is 73.2 Å². The summed E-state index contributed by atoms with van der Waals surface area (Å²) in [7, 11) is 1.71. The van der Waals surface area contributed by atoms with Crippen molar-refractivity contribution >= 4 is 0 Å². The molecule has 4 rings (SSSR count). The van der Waals surface area contributed by atoms with Gasteiger partial charge in [0.1, 0.15) is 11.5 Å². The summed E-state index contributed by atoms with van der Waals surface area (Å²) in [4.78, 5) is 2.56. The van der Waals surface area contributed by atoms with Gasteiger partial charge in [-0.2, -0.15) is 0 Å². The van der Waals surface area contributed by atoms with Gasteiger partial charge in [-0.15, -0.1) is 0 Å². The van der Waals surface area contributed by atoms with E-state index >= 15 is 0 Å². The number of aryl methyl sites for hydroxylation is 1. The lowest BCUT2D eigenvalue weighted by Crippen LogP contribution is -2.24. The number of fused-ring (bicyclic) bond motifs is 3. The van der Waals surface area contributed by atoms with Gasteiger partial charge in [0, 0.05) is 19.5 Å². The summed E-state index contributed by atoms with van der Waals surface area (Å²) in [6.07, 6.45) is 4.36. The van der Waals surface area contributed by atoms with Crippen LogP contribution in [0.3, 0.4) is 0 Å². The van der Waals surface area contributed by atoms with Crippen molar-refractivity contribution in [2.24, 2.45) is 0 Å². The van der Waals surface area contributed by atoms with E-state index in [1.807, 2.05) is 0 Å². The molecule has 0 saturated carbocycles. The molecule has 3 aromatic rings. The van der Waals surface area contributed by atoms with Gasteiger partial charge in [-0.1, -0.05) is 54.1 Å². The standard InChI is InChI=1S/C28H33NO2/c1-22-9-14-28-26(17-22)19-24-7-6-8-25(18-24)21-29(15-4-3-5-16-31-28)20-23-10-12-27(30-2)13-11-23/h6-14,17-18H,3-5,15-16,19-21H2,1-2H3. The van der Waals surface area contributed by atoms with Gasteiger partial charge in [0.25, 0.3) is 0 Å². The number of methoxy groups -OCH3 is 1. The molecule has 3 nitrogen and oxygen atoms in total. The first-order valence-corrected chi connectivity index (χ1v) is 11.3. The molecule has 162 valence electrons. The molecule has 1 aliphatic heterocycles. The van der Waals surface area contributed by atoms with Crippen molar-refractivity contribution in [3.05, 3.63) is 94.5 Å². The Morgan fingerprint density at radius 1 is 0.903 bits per heavy atom. The summed E-state index contributed by atoms with van der Waals surface area (Å²) in [5.74, 6) is 1.95. The Hall–Kier alpha value is -2.78.